The van der Waals surface area contributed by atoms with Crippen LogP contribution >= 0.6 is 15.9 Å². The smallest absolute Gasteiger partial charge is 0.379 e. The van der Waals surface area contributed by atoms with Crippen LogP contribution in [-0.4, -0.2) is 25.9 Å². The lowest BCUT2D eigenvalue weighted by Gasteiger charge is -2.11. The molecule has 2 nitrogen and oxygen atoms in total. The Morgan fingerprint density at radius 3 is 2.44 bits per heavy atom. The van der Waals surface area contributed by atoms with Crippen molar-refractivity contribution in [2.45, 2.75) is 6.18 Å². The normalized spacial score (nSPS) is 11.7. The maximum atomic E-state index is 13.3. The highest BCUT2D eigenvalue weighted by Crippen LogP contribution is 2.26. The summed E-state index contributed by atoms with van der Waals surface area (Å²) in [4.78, 5) is 0. The van der Waals surface area contributed by atoms with Gasteiger partial charge in [-0.15, -0.1) is 0 Å². The maximum absolute atomic E-state index is 13.3. The Morgan fingerprint density at radius 2 is 1.89 bits per heavy atom. The molecule has 0 atom stereocenters. The van der Waals surface area contributed by atoms with Gasteiger partial charge in [0.15, 0.2) is 0 Å². The van der Waals surface area contributed by atoms with E-state index in [2.05, 4.69) is 26.0 Å². The van der Waals surface area contributed by atoms with Crippen LogP contribution in [0.25, 0.3) is 0 Å². The van der Waals surface area contributed by atoms with E-state index in [1.807, 2.05) is 0 Å². The summed E-state index contributed by atoms with van der Waals surface area (Å²) in [5.41, 5.74) is -0.0213. The van der Waals surface area contributed by atoms with Crippen LogP contribution in [0.3, 0.4) is 0 Å². The van der Waals surface area contributed by atoms with E-state index in [0.717, 1.165) is 6.07 Å². The Bertz CT molecular complexity index is 387. The van der Waals surface area contributed by atoms with Crippen LogP contribution in [-0.2, 0) is 4.74 Å². The first kappa shape index (κ1) is 15.2. The van der Waals surface area contributed by atoms with Crippen LogP contribution in [0, 0.1) is 11.6 Å². The molecule has 0 aliphatic rings. The third-order valence-corrected chi connectivity index (χ3v) is 2.45. The summed E-state index contributed by atoms with van der Waals surface area (Å²) in [5.74, 6) is -1.59. The molecule has 0 saturated heterocycles. The zero-order valence-electron chi connectivity index (χ0n) is 8.95. The average molecular weight is 334 g/mol. The number of anilines is 1. The van der Waals surface area contributed by atoms with Crippen molar-refractivity contribution in [2.75, 3.05) is 25.1 Å². The molecule has 0 radical (unpaired) electrons. The average Bonchev–Trinajstić information content (AvgIpc) is 2.19. The fourth-order valence-corrected chi connectivity index (χ4v) is 1.70. The van der Waals surface area contributed by atoms with E-state index in [9.17, 15) is 22.0 Å². The topological polar surface area (TPSA) is 21.3 Å². The van der Waals surface area contributed by atoms with Crippen molar-refractivity contribution in [1.82, 2.24) is 0 Å². The number of benzene rings is 1. The number of rotatable bonds is 5. The molecule has 0 saturated carbocycles. The number of halogens is 6. The van der Waals surface area contributed by atoms with Gasteiger partial charge in [0.05, 0.1) is 12.3 Å². The summed E-state index contributed by atoms with van der Waals surface area (Å²) in [6.07, 6.45) is -4.39. The van der Waals surface area contributed by atoms with Crippen LogP contribution in [0.5, 0.6) is 0 Å². The molecular formula is C10H9BrF5NO. The number of ether oxygens (including phenoxy) is 1. The number of nitrogens with one attached hydrogen (secondary N) is 1. The van der Waals surface area contributed by atoms with Gasteiger partial charge in [0, 0.05) is 17.1 Å². The van der Waals surface area contributed by atoms with Crippen molar-refractivity contribution < 1.29 is 26.7 Å². The predicted octanol–water partition coefficient (Wildman–Crippen LogP) is 3.72. The summed E-state index contributed by atoms with van der Waals surface area (Å²) < 4.78 is 65.6. The van der Waals surface area contributed by atoms with E-state index in [4.69, 9.17) is 0 Å². The molecule has 0 bridgehead atoms. The van der Waals surface area contributed by atoms with E-state index in [1.54, 1.807) is 0 Å². The van der Waals surface area contributed by atoms with E-state index in [-0.39, 0.29) is 23.3 Å². The lowest BCUT2D eigenvalue weighted by Crippen LogP contribution is -2.20. The van der Waals surface area contributed by atoms with Crippen molar-refractivity contribution in [3.63, 3.8) is 0 Å². The first-order valence-corrected chi connectivity index (χ1v) is 5.62. The molecule has 18 heavy (non-hydrogen) atoms. The molecule has 0 amide bonds. The second-order valence-electron chi connectivity index (χ2n) is 3.34. The lowest BCUT2D eigenvalue weighted by molar-refractivity contribution is -0.172. The standard InChI is InChI=1S/C10H9BrF5NO/c11-7-3-6(12)4-8(13)9(7)17-1-2-18-5-10(14,15)16/h3-4,17H,1-2,5H2. The second-order valence-corrected chi connectivity index (χ2v) is 4.19. The number of alkyl halides is 3. The van der Waals surface area contributed by atoms with Gasteiger partial charge >= 0.3 is 6.18 Å². The van der Waals surface area contributed by atoms with Crippen LogP contribution in [0.2, 0.25) is 0 Å². The molecule has 0 aromatic heterocycles. The molecular weight excluding hydrogens is 325 g/mol. The first-order valence-electron chi connectivity index (χ1n) is 4.82. The quantitative estimate of drug-likeness (QED) is 0.655. The fraction of sp³-hybridized carbons (Fsp3) is 0.400. The zero-order valence-corrected chi connectivity index (χ0v) is 10.5. The molecule has 0 aliphatic heterocycles. The molecule has 0 unspecified atom stereocenters. The Balaban J connectivity index is 2.41. The van der Waals surface area contributed by atoms with Crippen molar-refractivity contribution in [2.24, 2.45) is 0 Å². The summed E-state index contributed by atoms with van der Waals surface area (Å²) >= 11 is 2.94. The van der Waals surface area contributed by atoms with Gasteiger partial charge in [-0.2, -0.15) is 13.2 Å². The molecule has 1 N–H and O–H groups in total. The SMILES string of the molecule is Fc1cc(F)c(NCCOCC(F)(F)F)c(Br)c1. The maximum Gasteiger partial charge on any atom is 0.411 e. The molecule has 0 aliphatic carbocycles. The van der Waals surface area contributed by atoms with Crippen LogP contribution in [0.1, 0.15) is 0 Å². The molecule has 1 rings (SSSR count). The van der Waals surface area contributed by atoms with Gasteiger partial charge in [0.2, 0.25) is 0 Å². The summed E-state index contributed by atoms with van der Waals surface area (Å²) in [7, 11) is 0. The van der Waals surface area contributed by atoms with Gasteiger partial charge in [-0.1, -0.05) is 0 Å². The van der Waals surface area contributed by atoms with Gasteiger partial charge in [-0.25, -0.2) is 8.78 Å². The van der Waals surface area contributed by atoms with E-state index in [1.165, 1.54) is 0 Å². The van der Waals surface area contributed by atoms with Gasteiger partial charge in [-0.3, -0.25) is 0 Å². The van der Waals surface area contributed by atoms with Crippen molar-refractivity contribution in [3.05, 3.63) is 28.2 Å². The van der Waals surface area contributed by atoms with Gasteiger partial charge < -0.3 is 10.1 Å². The minimum absolute atomic E-state index is 0.0213. The fourth-order valence-electron chi connectivity index (χ4n) is 1.15. The van der Waals surface area contributed by atoms with E-state index >= 15 is 0 Å². The number of hydrogen-bond donors (Lipinski definition) is 1. The second kappa shape index (κ2) is 6.33. The van der Waals surface area contributed by atoms with E-state index in [0.29, 0.717) is 6.07 Å². The lowest BCUT2D eigenvalue weighted by atomic mass is 10.3. The third-order valence-electron chi connectivity index (χ3n) is 1.82. The summed E-state index contributed by atoms with van der Waals surface area (Å²) in [6, 6.07) is 1.71. The Labute approximate surface area is 108 Å². The zero-order chi connectivity index (χ0) is 13.8. The highest BCUT2D eigenvalue weighted by atomic mass is 79.9. The highest BCUT2D eigenvalue weighted by Gasteiger charge is 2.27. The van der Waals surface area contributed by atoms with Crippen molar-refractivity contribution >= 4 is 21.6 Å². The number of hydrogen-bond acceptors (Lipinski definition) is 2. The molecule has 102 valence electrons. The van der Waals surface area contributed by atoms with Gasteiger partial charge in [-0.05, 0) is 22.0 Å². The highest BCUT2D eigenvalue weighted by molar-refractivity contribution is 9.10. The minimum Gasteiger partial charge on any atom is -0.379 e. The van der Waals surface area contributed by atoms with Gasteiger partial charge in [0.25, 0.3) is 0 Å². The first-order chi connectivity index (χ1) is 8.29. The predicted molar refractivity (Wildman–Crippen MR) is 59.4 cm³/mol. The van der Waals surface area contributed by atoms with Gasteiger partial charge in [0.1, 0.15) is 18.2 Å². The summed E-state index contributed by atoms with van der Waals surface area (Å²) in [5, 5.41) is 2.51. The monoisotopic (exact) mass is 333 g/mol. The third kappa shape index (κ3) is 5.18. The van der Waals surface area contributed by atoms with Crippen LogP contribution in [0.15, 0.2) is 16.6 Å². The Hall–Kier alpha value is -0.890. The van der Waals surface area contributed by atoms with Crippen molar-refractivity contribution in [1.29, 1.82) is 0 Å². The van der Waals surface area contributed by atoms with E-state index < -0.39 is 24.4 Å². The minimum atomic E-state index is -4.39. The molecule has 0 spiro atoms. The molecule has 1 aromatic carbocycles. The Morgan fingerprint density at radius 1 is 1.22 bits per heavy atom. The Kier molecular flexibility index (Phi) is 5.33. The van der Waals surface area contributed by atoms with Crippen LogP contribution in [0.4, 0.5) is 27.6 Å². The summed E-state index contributed by atoms with van der Waals surface area (Å²) in [6.45, 7) is -1.64. The molecule has 8 heteroatoms. The van der Waals surface area contributed by atoms with Crippen molar-refractivity contribution in [3.8, 4) is 0 Å². The van der Waals surface area contributed by atoms with Crippen LogP contribution < -0.4 is 5.32 Å². The molecule has 0 fully saturated rings. The molecule has 1 aromatic rings. The largest absolute Gasteiger partial charge is 0.411 e. The molecule has 0 heterocycles.